The first kappa shape index (κ1) is 13.3. The third-order valence-corrected chi connectivity index (χ3v) is 3.08. The molecule has 0 saturated heterocycles. The van der Waals surface area contributed by atoms with E-state index in [0.717, 1.165) is 22.6 Å². The summed E-state index contributed by atoms with van der Waals surface area (Å²) in [6.45, 7) is 5.84. The summed E-state index contributed by atoms with van der Waals surface area (Å²) in [5.74, 6) is 0. The number of fused-ring (bicyclic) bond motifs is 1. The minimum Gasteiger partial charge on any atom is -0.316 e. The standard InChI is InChI=1S/C14H19N5/c1-6-12(10-18(5)17(3)4)13-9-16-14-11(2)15-7-8-19(13)14/h6-10H,1H2,2-5H3/b12-10+. The van der Waals surface area contributed by atoms with Crippen molar-refractivity contribution in [1.82, 2.24) is 24.4 Å². The lowest BCUT2D eigenvalue weighted by molar-refractivity contribution is 0.117. The first-order valence-electron chi connectivity index (χ1n) is 6.08. The number of hydrogen-bond acceptors (Lipinski definition) is 4. The van der Waals surface area contributed by atoms with Crippen LogP contribution in [0.25, 0.3) is 11.2 Å². The minimum absolute atomic E-state index is 0.873. The molecule has 0 aliphatic carbocycles. The molecule has 2 rings (SSSR count). The first-order chi connectivity index (χ1) is 9.04. The Morgan fingerprint density at radius 2 is 2.05 bits per heavy atom. The van der Waals surface area contributed by atoms with Crippen LogP contribution in [0.5, 0.6) is 0 Å². The van der Waals surface area contributed by atoms with E-state index in [0.29, 0.717) is 0 Å². The lowest BCUT2D eigenvalue weighted by Gasteiger charge is -2.23. The van der Waals surface area contributed by atoms with Crippen molar-refractivity contribution in [3.63, 3.8) is 0 Å². The van der Waals surface area contributed by atoms with Crippen molar-refractivity contribution in [3.05, 3.63) is 48.8 Å². The third kappa shape index (κ3) is 2.51. The normalized spacial score (nSPS) is 12.2. The number of hydrogen-bond donors (Lipinski definition) is 0. The summed E-state index contributed by atoms with van der Waals surface area (Å²) in [4.78, 5) is 8.67. The Balaban J connectivity index is 2.53. The predicted molar refractivity (Wildman–Crippen MR) is 77.3 cm³/mol. The minimum atomic E-state index is 0.873. The lowest BCUT2D eigenvalue weighted by Crippen LogP contribution is -2.28. The van der Waals surface area contributed by atoms with E-state index in [-0.39, 0.29) is 0 Å². The van der Waals surface area contributed by atoms with Gasteiger partial charge in [0.25, 0.3) is 0 Å². The van der Waals surface area contributed by atoms with Gasteiger partial charge in [-0.05, 0) is 6.92 Å². The van der Waals surface area contributed by atoms with Crippen LogP contribution in [0, 0.1) is 6.92 Å². The average Bonchev–Trinajstić information content (AvgIpc) is 2.80. The largest absolute Gasteiger partial charge is 0.316 e. The van der Waals surface area contributed by atoms with Gasteiger partial charge in [-0.25, -0.2) is 9.99 Å². The highest BCUT2D eigenvalue weighted by atomic mass is 15.6. The maximum Gasteiger partial charge on any atom is 0.158 e. The Hall–Kier alpha value is -2.14. The smallest absolute Gasteiger partial charge is 0.158 e. The Labute approximate surface area is 113 Å². The molecule has 0 aliphatic heterocycles. The van der Waals surface area contributed by atoms with Gasteiger partial charge >= 0.3 is 0 Å². The zero-order valence-corrected chi connectivity index (χ0v) is 11.8. The molecule has 19 heavy (non-hydrogen) atoms. The van der Waals surface area contributed by atoms with Crippen molar-refractivity contribution in [2.45, 2.75) is 6.92 Å². The highest BCUT2D eigenvalue weighted by molar-refractivity contribution is 5.72. The Morgan fingerprint density at radius 3 is 2.68 bits per heavy atom. The van der Waals surface area contributed by atoms with Gasteiger partial charge in [0.05, 0.1) is 17.6 Å². The summed E-state index contributed by atoms with van der Waals surface area (Å²) < 4.78 is 2.03. The zero-order chi connectivity index (χ0) is 14.0. The molecule has 5 nitrogen and oxygen atoms in total. The molecule has 2 aromatic rings. The lowest BCUT2D eigenvalue weighted by atomic mass is 10.2. The zero-order valence-electron chi connectivity index (χ0n) is 11.8. The fourth-order valence-electron chi connectivity index (χ4n) is 1.80. The molecule has 0 fully saturated rings. The van der Waals surface area contributed by atoms with E-state index in [2.05, 4.69) is 16.5 Å². The highest BCUT2D eigenvalue weighted by Crippen LogP contribution is 2.18. The van der Waals surface area contributed by atoms with E-state index in [1.807, 2.05) is 67.2 Å². The monoisotopic (exact) mass is 257 g/mol. The van der Waals surface area contributed by atoms with E-state index in [1.165, 1.54) is 0 Å². The van der Waals surface area contributed by atoms with Crippen LogP contribution in [-0.2, 0) is 0 Å². The number of imidazole rings is 1. The van der Waals surface area contributed by atoms with Crippen molar-refractivity contribution in [3.8, 4) is 0 Å². The number of allylic oxidation sites excluding steroid dienone is 2. The maximum atomic E-state index is 4.42. The summed E-state index contributed by atoms with van der Waals surface area (Å²) in [5, 5.41) is 3.98. The van der Waals surface area contributed by atoms with Gasteiger partial charge in [0.2, 0.25) is 0 Å². The highest BCUT2D eigenvalue weighted by Gasteiger charge is 2.09. The van der Waals surface area contributed by atoms with Crippen molar-refractivity contribution in [2.24, 2.45) is 0 Å². The molecule has 0 amide bonds. The molecule has 5 heteroatoms. The fraction of sp³-hybridized carbons (Fsp3) is 0.286. The number of hydrazine groups is 1. The van der Waals surface area contributed by atoms with Gasteiger partial charge in [-0.2, -0.15) is 0 Å². The van der Waals surface area contributed by atoms with Crippen LogP contribution in [0.4, 0.5) is 0 Å². The van der Waals surface area contributed by atoms with Crippen molar-refractivity contribution in [1.29, 1.82) is 0 Å². The molecule has 100 valence electrons. The van der Waals surface area contributed by atoms with Crippen LogP contribution in [0.2, 0.25) is 0 Å². The molecule has 0 spiro atoms. The van der Waals surface area contributed by atoms with Crippen LogP contribution >= 0.6 is 0 Å². The second-order valence-corrected chi connectivity index (χ2v) is 4.56. The summed E-state index contributed by atoms with van der Waals surface area (Å²) in [6, 6.07) is 0. The van der Waals surface area contributed by atoms with Gasteiger partial charge in [-0.15, -0.1) is 0 Å². The van der Waals surface area contributed by atoms with Gasteiger partial charge in [0.15, 0.2) is 5.65 Å². The molecule has 0 aromatic carbocycles. The molecule has 0 radical (unpaired) electrons. The van der Waals surface area contributed by atoms with E-state index in [9.17, 15) is 0 Å². The molecule has 0 unspecified atom stereocenters. The van der Waals surface area contributed by atoms with Crippen LogP contribution < -0.4 is 0 Å². The average molecular weight is 257 g/mol. The van der Waals surface area contributed by atoms with Gasteiger partial charge in [-0.1, -0.05) is 12.7 Å². The van der Waals surface area contributed by atoms with Crippen molar-refractivity contribution in [2.75, 3.05) is 21.1 Å². The van der Waals surface area contributed by atoms with Gasteiger partial charge in [-0.3, -0.25) is 9.38 Å². The number of nitrogens with zero attached hydrogens (tertiary/aromatic N) is 5. The SMILES string of the molecule is C=C/C(=C\N(C)N(C)C)c1cnc2c(C)nccn12. The summed E-state index contributed by atoms with van der Waals surface area (Å²) in [6.07, 6.45) is 9.40. The molecule has 0 aliphatic rings. The summed E-state index contributed by atoms with van der Waals surface area (Å²) >= 11 is 0. The molecule has 0 saturated carbocycles. The predicted octanol–water partition coefficient (Wildman–Crippen LogP) is 1.97. The topological polar surface area (TPSA) is 36.7 Å². The molecule has 2 aromatic heterocycles. The van der Waals surface area contributed by atoms with Crippen LogP contribution in [0.1, 0.15) is 11.4 Å². The molecular weight excluding hydrogens is 238 g/mol. The van der Waals surface area contributed by atoms with E-state index >= 15 is 0 Å². The quantitative estimate of drug-likeness (QED) is 0.620. The van der Waals surface area contributed by atoms with Gasteiger partial charge in [0, 0.05) is 45.3 Å². The van der Waals surface area contributed by atoms with Crippen LogP contribution in [-0.4, -0.2) is 45.5 Å². The first-order valence-corrected chi connectivity index (χ1v) is 6.08. The van der Waals surface area contributed by atoms with Gasteiger partial charge in [0.1, 0.15) is 0 Å². The van der Waals surface area contributed by atoms with Crippen LogP contribution in [0.3, 0.4) is 0 Å². The second kappa shape index (κ2) is 5.24. The maximum absolute atomic E-state index is 4.42. The summed E-state index contributed by atoms with van der Waals surface area (Å²) in [7, 11) is 5.96. The fourth-order valence-corrected chi connectivity index (χ4v) is 1.80. The molecule has 0 bridgehead atoms. The van der Waals surface area contributed by atoms with E-state index < -0.39 is 0 Å². The Morgan fingerprint density at radius 1 is 1.32 bits per heavy atom. The molecule has 2 heterocycles. The Bertz CT molecular complexity index is 624. The van der Waals surface area contributed by atoms with Crippen molar-refractivity contribution >= 4 is 11.2 Å². The summed E-state index contributed by atoms with van der Waals surface area (Å²) in [5.41, 5.74) is 3.80. The van der Waals surface area contributed by atoms with Crippen LogP contribution in [0.15, 0.2) is 37.4 Å². The van der Waals surface area contributed by atoms with E-state index in [1.54, 1.807) is 6.20 Å². The van der Waals surface area contributed by atoms with E-state index in [4.69, 9.17) is 0 Å². The number of rotatable bonds is 4. The second-order valence-electron chi connectivity index (χ2n) is 4.56. The number of aromatic nitrogens is 3. The number of aryl methyl sites for hydroxylation is 1. The molecular formula is C14H19N5. The third-order valence-electron chi connectivity index (χ3n) is 3.08. The Kier molecular flexibility index (Phi) is 3.66. The van der Waals surface area contributed by atoms with Gasteiger partial charge < -0.3 is 5.01 Å². The van der Waals surface area contributed by atoms with Crippen molar-refractivity contribution < 1.29 is 0 Å². The molecule has 0 atom stereocenters. The molecule has 0 N–H and O–H groups in total.